The van der Waals surface area contributed by atoms with Gasteiger partial charge < -0.3 is 19.5 Å². The van der Waals surface area contributed by atoms with Gasteiger partial charge in [0.1, 0.15) is 0 Å². The number of alkyl halides is 6. The lowest BCUT2D eigenvalue weighted by atomic mass is 9.84. The zero-order valence-corrected chi connectivity index (χ0v) is 24.6. The van der Waals surface area contributed by atoms with Crippen molar-refractivity contribution >= 4 is 29.4 Å². The largest absolute Gasteiger partial charge is 0.490 e. The topological polar surface area (TPSA) is 151 Å². The first-order valence-corrected chi connectivity index (χ1v) is 13.9. The lowest BCUT2D eigenvalue weighted by Gasteiger charge is -2.48. The lowest BCUT2D eigenvalue weighted by Crippen LogP contribution is -2.57. The molecule has 1 saturated heterocycles. The van der Waals surface area contributed by atoms with E-state index in [1.54, 1.807) is 11.1 Å². The third-order valence-electron chi connectivity index (χ3n) is 6.98. The van der Waals surface area contributed by atoms with Crippen molar-refractivity contribution in [2.45, 2.75) is 50.7 Å². The average Bonchev–Trinajstić information content (AvgIpc) is 3.60. The zero-order valence-electron chi connectivity index (χ0n) is 23.8. The van der Waals surface area contributed by atoms with E-state index in [2.05, 4.69) is 43.0 Å². The van der Waals surface area contributed by atoms with E-state index in [-0.39, 0.29) is 11.6 Å². The normalized spacial score (nSPS) is 16.0. The molecule has 0 aromatic carbocycles. The van der Waals surface area contributed by atoms with Crippen molar-refractivity contribution in [1.29, 1.82) is 0 Å². The Bertz CT molecular complexity index is 1450. The van der Waals surface area contributed by atoms with Gasteiger partial charge in [-0.25, -0.2) is 14.4 Å². The van der Waals surface area contributed by atoms with Gasteiger partial charge in [-0.05, 0) is 48.9 Å². The third kappa shape index (κ3) is 8.90. The number of carbonyl (C=O) groups excluding carboxylic acids is 1. The second kappa shape index (κ2) is 14.2. The predicted octanol–water partition coefficient (Wildman–Crippen LogP) is 4.55. The Morgan fingerprint density at radius 1 is 1.02 bits per heavy atom. The summed E-state index contributed by atoms with van der Waals surface area (Å²) in [6.07, 6.45) is -5.05. The number of hydrogen-bond donors (Lipinski definition) is 2. The predicted molar refractivity (Wildman–Crippen MR) is 145 cm³/mol. The standard InChI is InChI=1S/C22H26N6O2S.2C2HF3O2/c1-16-5-11-31-18(16)13-26-9-6-22(7-10-26)15-27(21(29)30-2)14-19-24-25-20(28(19)22)17-4-3-8-23-12-17;2*3-2(4,5)1(6)7/h3-5,8,11-12H,6-7,9-10,13-15H2,1-2H3;2*(H,6,7). The quantitative estimate of drug-likeness (QED) is 0.381. The monoisotopic (exact) mass is 666 g/mol. The van der Waals surface area contributed by atoms with Gasteiger partial charge in [0, 0.05) is 49.0 Å². The summed E-state index contributed by atoms with van der Waals surface area (Å²) in [7, 11) is 1.43. The van der Waals surface area contributed by atoms with Crippen LogP contribution < -0.4 is 0 Å². The highest BCUT2D eigenvalue weighted by molar-refractivity contribution is 7.10. The number of pyridine rings is 1. The minimum atomic E-state index is -5.08. The first-order chi connectivity index (χ1) is 21.0. The number of fused-ring (bicyclic) bond motifs is 2. The van der Waals surface area contributed by atoms with Crippen molar-refractivity contribution in [1.82, 2.24) is 29.5 Å². The van der Waals surface area contributed by atoms with Crippen molar-refractivity contribution in [3.05, 3.63) is 52.2 Å². The highest BCUT2D eigenvalue weighted by Gasteiger charge is 2.46. The van der Waals surface area contributed by atoms with Crippen LogP contribution in [0.4, 0.5) is 31.1 Å². The molecule has 2 aliphatic heterocycles. The minimum Gasteiger partial charge on any atom is -0.475 e. The number of aromatic nitrogens is 4. The summed E-state index contributed by atoms with van der Waals surface area (Å²) in [5, 5.41) is 25.4. The van der Waals surface area contributed by atoms with Crippen molar-refractivity contribution < 1.29 is 55.7 Å². The van der Waals surface area contributed by atoms with E-state index in [4.69, 9.17) is 24.5 Å². The number of carbonyl (C=O) groups is 3. The van der Waals surface area contributed by atoms with Gasteiger partial charge in [0.05, 0.1) is 19.2 Å². The maximum atomic E-state index is 12.4. The van der Waals surface area contributed by atoms with Crippen LogP contribution in [0, 0.1) is 6.92 Å². The molecule has 1 amide bonds. The molecular weight excluding hydrogens is 638 g/mol. The lowest BCUT2D eigenvalue weighted by molar-refractivity contribution is -0.193. The summed E-state index contributed by atoms with van der Waals surface area (Å²) in [6.45, 7) is 6.07. The number of halogens is 6. The SMILES string of the molecule is COC(=O)N1Cc2nnc(-c3cccnc3)n2C2(CCN(Cc3sccc3C)CC2)C1.O=C(O)C(F)(F)F.O=C(O)C(F)(F)F. The Kier molecular flexibility index (Phi) is 11.1. The molecule has 5 rings (SSSR count). The van der Waals surface area contributed by atoms with Gasteiger partial charge in [-0.1, -0.05) is 0 Å². The van der Waals surface area contributed by atoms with E-state index in [1.165, 1.54) is 17.6 Å². The maximum absolute atomic E-state index is 12.4. The van der Waals surface area contributed by atoms with E-state index in [1.807, 2.05) is 29.7 Å². The molecule has 0 atom stereocenters. The molecule has 1 fully saturated rings. The molecular formula is C26H28F6N6O6S. The molecule has 2 N–H and O–H groups in total. The van der Waals surface area contributed by atoms with Crippen molar-refractivity contribution in [2.75, 3.05) is 26.7 Å². The number of rotatable bonds is 3. The molecule has 12 nitrogen and oxygen atoms in total. The van der Waals surface area contributed by atoms with Crippen LogP contribution in [-0.4, -0.2) is 96.9 Å². The Labute approximate surface area is 255 Å². The van der Waals surface area contributed by atoms with Gasteiger partial charge in [-0.3, -0.25) is 14.8 Å². The third-order valence-corrected chi connectivity index (χ3v) is 7.99. The van der Waals surface area contributed by atoms with Gasteiger partial charge >= 0.3 is 30.4 Å². The summed E-state index contributed by atoms with van der Waals surface area (Å²) in [6, 6.07) is 6.11. The molecule has 2 aliphatic rings. The van der Waals surface area contributed by atoms with Crippen LogP contribution in [-0.2, 0) is 33.0 Å². The highest BCUT2D eigenvalue weighted by atomic mass is 32.1. The Morgan fingerprint density at radius 3 is 2.09 bits per heavy atom. The zero-order chi connectivity index (χ0) is 33.6. The Morgan fingerprint density at radius 2 is 1.62 bits per heavy atom. The summed E-state index contributed by atoms with van der Waals surface area (Å²) >= 11 is 1.82. The van der Waals surface area contributed by atoms with Gasteiger partial charge in [0.15, 0.2) is 11.6 Å². The first-order valence-electron chi connectivity index (χ1n) is 13.0. The minimum absolute atomic E-state index is 0.253. The first kappa shape index (κ1) is 35.2. The van der Waals surface area contributed by atoms with Crippen molar-refractivity contribution in [2.24, 2.45) is 0 Å². The highest BCUT2D eigenvalue weighted by Crippen LogP contribution is 2.40. The molecule has 0 radical (unpaired) electrons. The summed E-state index contributed by atoms with van der Waals surface area (Å²) in [5.41, 5.74) is 2.06. The fraction of sp³-hybridized carbons (Fsp3) is 0.462. The van der Waals surface area contributed by atoms with E-state index >= 15 is 0 Å². The van der Waals surface area contributed by atoms with Gasteiger partial charge in [-0.15, -0.1) is 21.5 Å². The molecule has 0 bridgehead atoms. The molecule has 45 heavy (non-hydrogen) atoms. The Hall–Kier alpha value is -4.26. The van der Waals surface area contributed by atoms with Crippen LogP contribution in [0.1, 0.15) is 29.1 Å². The number of carboxylic acids is 2. The fourth-order valence-corrected chi connectivity index (χ4v) is 5.74. The average molecular weight is 667 g/mol. The summed E-state index contributed by atoms with van der Waals surface area (Å²) < 4.78 is 70.8. The van der Waals surface area contributed by atoms with Crippen LogP contribution >= 0.6 is 11.3 Å². The molecule has 246 valence electrons. The number of ether oxygens (including phenoxy) is 1. The van der Waals surface area contributed by atoms with E-state index in [0.29, 0.717) is 13.1 Å². The molecule has 19 heteroatoms. The number of aliphatic carboxylic acids is 2. The molecule has 5 heterocycles. The molecule has 0 saturated carbocycles. The number of piperidine rings is 1. The summed E-state index contributed by atoms with van der Waals surface area (Å²) in [4.78, 5) is 40.2. The van der Waals surface area contributed by atoms with Gasteiger partial charge in [-0.2, -0.15) is 26.3 Å². The van der Waals surface area contributed by atoms with Crippen LogP contribution in [0.5, 0.6) is 0 Å². The van der Waals surface area contributed by atoms with Crippen LogP contribution in [0.2, 0.25) is 0 Å². The smallest absolute Gasteiger partial charge is 0.475 e. The molecule has 3 aromatic heterocycles. The number of amides is 1. The van der Waals surface area contributed by atoms with Crippen molar-refractivity contribution in [3.8, 4) is 11.4 Å². The van der Waals surface area contributed by atoms with E-state index in [9.17, 15) is 31.1 Å². The van der Waals surface area contributed by atoms with Gasteiger partial charge in [0.2, 0.25) is 0 Å². The number of likely N-dealkylation sites (tertiary alicyclic amines) is 1. The second-order valence-electron chi connectivity index (χ2n) is 9.98. The van der Waals surface area contributed by atoms with Crippen LogP contribution in [0.3, 0.4) is 0 Å². The fourth-order valence-electron chi connectivity index (χ4n) is 4.79. The number of thiophene rings is 1. The Balaban J connectivity index is 0.000000331. The summed E-state index contributed by atoms with van der Waals surface area (Å²) in [5.74, 6) is -3.88. The molecule has 1 spiro atoms. The number of methoxy groups -OCH3 is 1. The number of hydrogen-bond acceptors (Lipinski definition) is 9. The number of carboxylic acid groups (broad SMARTS) is 2. The van der Waals surface area contributed by atoms with E-state index in [0.717, 1.165) is 49.7 Å². The second-order valence-corrected chi connectivity index (χ2v) is 11.0. The molecule has 0 unspecified atom stereocenters. The van der Waals surface area contributed by atoms with E-state index < -0.39 is 24.3 Å². The van der Waals surface area contributed by atoms with Crippen molar-refractivity contribution in [3.63, 3.8) is 0 Å². The molecule has 3 aromatic rings. The van der Waals surface area contributed by atoms with Gasteiger partial charge in [0.25, 0.3) is 0 Å². The van der Waals surface area contributed by atoms with Crippen LogP contribution in [0.25, 0.3) is 11.4 Å². The number of nitrogens with zero attached hydrogens (tertiary/aromatic N) is 6. The number of aryl methyl sites for hydroxylation is 1. The van der Waals surface area contributed by atoms with Crippen LogP contribution in [0.15, 0.2) is 36.0 Å². The molecule has 0 aliphatic carbocycles. The maximum Gasteiger partial charge on any atom is 0.490 e.